The Hall–Kier alpha value is -3.60. The molecule has 0 radical (unpaired) electrons. The number of nitrogens with zero attached hydrogens (tertiary/aromatic N) is 3. The van der Waals surface area contributed by atoms with E-state index in [9.17, 15) is 4.79 Å². The van der Waals surface area contributed by atoms with Crippen molar-refractivity contribution in [2.24, 2.45) is 4.99 Å². The molecule has 3 aliphatic rings. The first-order valence-corrected chi connectivity index (χ1v) is 9.09. The van der Waals surface area contributed by atoms with E-state index in [-0.39, 0.29) is 12.4 Å². The van der Waals surface area contributed by atoms with Crippen molar-refractivity contribution in [2.75, 3.05) is 0 Å². The zero-order valence-electron chi connectivity index (χ0n) is 14.3. The fourth-order valence-electron chi connectivity index (χ4n) is 4.89. The fraction of sp³-hybridized carbons (Fsp3) is 0. The molecule has 27 heavy (non-hydrogen) atoms. The molecule has 0 amide bonds. The van der Waals surface area contributed by atoms with Crippen molar-refractivity contribution >= 4 is 40.3 Å². The lowest BCUT2D eigenvalue weighted by Crippen LogP contribution is -2.47. The van der Waals surface area contributed by atoms with Gasteiger partial charge in [0.1, 0.15) is 0 Å². The van der Waals surface area contributed by atoms with Gasteiger partial charge in [-0.3, -0.25) is 14.1 Å². The molecular formula is C22H12BN3O. The summed E-state index contributed by atoms with van der Waals surface area (Å²) >= 11 is 0. The maximum Gasteiger partial charge on any atom is 0.357 e. The van der Waals surface area contributed by atoms with Gasteiger partial charge in [-0.1, -0.05) is 54.6 Å². The third kappa shape index (κ3) is 1.41. The molecule has 124 valence electrons. The molecule has 0 bridgehead atoms. The minimum atomic E-state index is -0.129. The van der Waals surface area contributed by atoms with Crippen molar-refractivity contribution in [3.63, 3.8) is 0 Å². The van der Waals surface area contributed by atoms with Crippen molar-refractivity contribution in [3.8, 4) is 0 Å². The topological polar surface area (TPSA) is 39.3 Å². The van der Waals surface area contributed by atoms with Crippen LogP contribution in [0.25, 0.3) is 16.6 Å². The summed E-state index contributed by atoms with van der Waals surface area (Å²) in [6, 6.07) is 24.4. The van der Waals surface area contributed by atoms with E-state index in [4.69, 9.17) is 4.99 Å². The largest absolute Gasteiger partial charge is 0.357 e. The Balaban J connectivity index is 1.74. The normalized spacial score (nSPS) is 15.6. The van der Waals surface area contributed by atoms with Crippen molar-refractivity contribution < 1.29 is 0 Å². The first-order chi connectivity index (χ1) is 13.3. The lowest BCUT2D eigenvalue weighted by Gasteiger charge is -2.21. The number of rotatable bonds is 0. The number of para-hydroxylation sites is 2. The van der Waals surface area contributed by atoms with Gasteiger partial charge in [0.15, 0.2) is 0 Å². The smallest absolute Gasteiger partial charge is 0.281 e. The minimum absolute atomic E-state index is 0.0542. The highest BCUT2D eigenvalue weighted by Crippen LogP contribution is 2.43. The molecule has 3 aromatic carbocycles. The molecule has 0 N–H and O–H groups in total. The van der Waals surface area contributed by atoms with E-state index in [0.717, 1.165) is 50.1 Å². The highest BCUT2D eigenvalue weighted by Gasteiger charge is 2.48. The maximum absolute atomic E-state index is 13.3. The van der Waals surface area contributed by atoms with Crippen LogP contribution in [0.3, 0.4) is 0 Å². The second kappa shape index (κ2) is 4.38. The average molecular weight is 345 g/mol. The Morgan fingerprint density at radius 1 is 0.815 bits per heavy atom. The van der Waals surface area contributed by atoms with Gasteiger partial charge >= 0.3 is 6.85 Å². The summed E-state index contributed by atoms with van der Waals surface area (Å²) in [5.41, 5.74) is 8.60. The maximum atomic E-state index is 13.3. The fourth-order valence-corrected chi connectivity index (χ4v) is 4.89. The monoisotopic (exact) mass is 345 g/mol. The SMILES string of the molecule is O=c1c2ccccc2n2n1B1C3=C2c2ccccc2C3=Nc2ccccc21. The van der Waals surface area contributed by atoms with Crippen LogP contribution in [0.4, 0.5) is 5.69 Å². The van der Waals surface area contributed by atoms with Gasteiger partial charge < -0.3 is 0 Å². The van der Waals surface area contributed by atoms with Crippen LogP contribution < -0.4 is 11.0 Å². The van der Waals surface area contributed by atoms with E-state index in [1.54, 1.807) is 0 Å². The van der Waals surface area contributed by atoms with Crippen LogP contribution in [-0.2, 0) is 0 Å². The van der Waals surface area contributed by atoms with Crippen molar-refractivity contribution in [1.82, 2.24) is 9.27 Å². The summed E-state index contributed by atoms with van der Waals surface area (Å²) in [6.07, 6.45) is 0. The summed E-state index contributed by atoms with van der Waals surface area (Å²) in [6.45, 7) is -0.129. The lowest BCUT2D eigenvalue weighted by atomic mass is 9.48. The third-order valence-electron chi connectivity index (χ3n) is 5.93. The Bertz CT molecular complexity index is 1450. The molecule has 5 heteroatoms. The molecule has 1 aliphatic carbocycles. The van der Waals surface area contributed by atoms with E-state index in [1.807, 2.05) is 47.1 Å². The van der Waals surface area contributed by atoms with Gasteiger partial charge in [0, 0.05) is 16.6 Å². The summed E-state index contributed by atoms with van der Waals surface area (Å²) in [7, 11) is 0. The molecule has 0 saturated carbocycles. The minimum Gasteiger partial charge on any atom is -0.281 e. The van der Waals surface area contributed by atoms with Crippen molar-refractivity contribution in [3.05, 3.63) is 99.7 Å². The molecule has 1 aromatic heterocycles. The van der Waals surface area contributed by atoms with Gasteiger partial charge in [-0.05, 0) is 23.7 Å². The molecule has 0 fully saturated rings. The predicted molar refractivity (Wildman–Crippen MR) is 108 cm³/mol. The second-order valence-electron chi connectivity index (χ2n) is 7.21. The van der Waals surface area contributed by atoms with Gasteiger partial charge in [-0.25, -0.2) is 4.99 Å². The summed E-state index contributed by atoms with van der Waals surface area (Å²) in [5, 5.41) is 0.759. The second-order valence-corrected chi connectivity index (χ2v) is 7.21. The van der Waals surface area contributed by atoms with Crippen molar-refractivity contribution in [2.45, 2.75) is 0 Å². The molecule has 0 unspecified atom stereocenters. The van der Waals surface area contributed by atoms with Crippen LogP contribution in [0.15, 0.2) is 88.1 Å². The zero-order valence-corrected chi connectivity index (χ0v) is 14.3. The summed E-state index contributed by atoms with van der Waals surface area (Å²) < 4.78 is 4.03. The zero-order chi connectivity index (χ0) is 17.7. The van der Waals surface area contributed by atoms with Gasteiger partial charge in [-0.2, -0.15) is 0 Å². The molecule has 7 rings (SSSR count). The Labute approximate surface area is 154 Å². The lowest BCUT2D eigenvalue weighted by molar-refractivity contribution is 0.841. The number of hydrogen-bond donors (Lipinski definition) is 0. The molecular weight excluding hydrogens is 333 g/mol. The quantitative estimate of drug-likeness (QED) is 0.452. The van der Waals surface area contributed by atoms with E-state index in [2.05, 4.69) is 35.0 Å². The van der Waals surface area contributed by atoms with Crippen LogP contribution in [-0.4, -0.2) is 21.8 Å². The van der Waals surface area contributed by atoms with Crippen LogP contribution in [0.1, 0.15) is 11.1 Å². The first kappa shape index (κ1) is 13.6. The number of fused-ring (bicyclic) bond motifs is 10. The molecule has 0 atom stereocenters. The summed E-state index contributed by atoms with van der Waals surface area (Å²) in [4.78, 5) is 18.3. The molecule has 2 aliphatic heterocycles. The van der Waals surface area contributed by atoms with E-state index in [1.165, 1.54) is 0 Å². The number of hydrogen-bond acceptors (Lipinski definition) is 2. The molecule has 0 saturated heterocycles. The van der Waals surface area contributed by atoms with Gasteiger partial charge in [0.25, 0.3) is 5.56 Å². The molecule has 4 nitrogen and oxygen atoms in total. The predicted octanol–water partition coefficient (Wildman–Crippen LogP) is 2.81. The van der Waals surface area contributed by atoms with Crippen molar-refractivity contribution in [1.29, 1.82) is 0 Å². The average Bonchev–Trinajstić information content (AvgIpc) is 3.33. The summed E-state index contributed by atoms with van der Waals surface area (Å²) in [5.74, 6) is 0. The highest BCUT2D eigenvalue weighted by atomic mass is 16.1. The number of aromatic nitrogens is 2. The van der Waals surface area contributed by atoms with Crippen LogP contribution in [0, 0.1) is 0 Å². The first-order valence-electron chi connectivity index (χ1n) is 9.09. The van der Waals surface area contributed by atoms with Crippen LogP contribution >= 0.6 is 0 Å². The molecule has 0 spiro atoms. The number of aliphatic imine (C=N–C) groups is 1. The van der Waals surface area contributed by atoms with Crippen LogP contribution in [0.5, 0.6) is 0 Å². The number of allylic oxidation sites excluding steroid dienone is 1. The number of benzene rings is 3. The standard InChI is InChI=1S/C22H12BN3O/c27-22-15-9-3-6-12-18(15)25-21-14-8-2-1-7-13(14)20-19(21)23(26(22)25)16-10-4-5-11-17(16)24-20/h1-12H. The Morgan fingerprint density at radius 3 is 2.48 bits per heavy atom. The molecule has 3 heterocycles. The Kier molecular flexibility index (Phi) is 2.20. The van der Waals surface area contributed by atoms with E-state index in [0.29, 0.717) is 0 Å². The third-order valence-corrected chi connectivity index (χ3v) is 5.93. The van der Waals surface area contributed by atoms with Gasteiger partial charge in [0.2, 0.25) is 0 Å². The molecule has 4 aromatic rings. The Morgan fingerprint density at radius 2 is 1.56 bits per heavy atom. The van der Waals surface area contributed by atoms with Gasteiger partial charge in [-0.15, -0.1) is 0 Å². The van der Waals surface area contributed by atoms with E-state index < -0.39 is 0 Å². The van der Waals surface area contributed by atoms with Crippen LogP contribution in [0.2, 0.25) is 0 Å². The van der Waals surface area contributed by atoms with Gasteiger partial charge in [0.05, 0.1) is 28.0 Å². The highest BCUT2D eigenvalue weighted by molar-refractivity contribution is 6.88. The van der Waals surface area contributed by atoms with E-state index >= 15 is 0 Å².